The van der Waals surface area contributed by atoms with Gasteiger partial charge in [0.2, 0.25) is 0 Å². The Kier molecular flexibility index (Phi) is 20.1. The number of ether oxygens (including phenoxy) is 10. The fourth-order valence-electron chi connectivity index (χ4n) is 15.5. The van der Waals surface area contributed by atoms with E-state index >= 15 is 0 Å². The van der Waals surface area contributed by atoms with Crippen LogP contribution < -0.4 is 0 Å². The maximum atomic E-state index is 13.2. The Morgan fingerprint density at radius 3 is 1.76 bits per heavy atom. The number of carbonyl (C=O) groups is 1. The van der Waals surface area contributed by atoms with Crippen LogP contribution in [0.2, 0.25) is 0 Å². The minimum atomic E-state index is -4.87. The zero-order valence-corrected chi connectivity index (χ0v) is 48.9. The van der Waals surface area contributed by atoms with E-state index in [-0.39, 0.29) is 48.7 Å². The lowest BCUT2D eigenvalue weighted by Gasteiger charge is -2.60. The van der Waals surface area contributed by atoms with Gasteiger partial charge >= 0.3 is 10.4 Å². The molecule has 27 nitrogen and oxygen atoms in total. The van der Waals surface area contributed by atoms with Gasteiger partial charge in [0, 0.05) is 12.8 Å². The van der Waals surface area contributed by atoms with Gasteiger partial charge < -0.3 is 109 Å². The quantitative estimate of drug-likeness (QED) is 0.0551. The van der Waals surface area contributed by atoms with Crippen molar-refractivity contribution in [3.63, 3.8) is 0 Å². The molecule has 3 saturated carbocycles. The summed E-state index contributed by atoms with van der Waals surface area (Å²) in [4.78, 5) is 13.2. The lowest BCUT2D eigenvalue weighted by atomic mass is 9.47. The molecule has 83 heavy (non-hydrogen) atoms. The van der Waals surface area contributed by atoms with Gasteiger partial charge in [0.25, 0.3) is 0 Å². The highest BCUT2D eigenvalue weighted by atomic mass is 32.3. The Bertz CT molecular complexity index is 2370. The number of hydrogen-bond donors (Lipinski definition) is 13. The van der Waals surface area contributed by atoms with Crippen LogP contribution in [-0.4, -0.2) is 252 Å². The van der Waals surface area contributed by atoms with E-state index in [4.69, 9.17) is 51.6 Å². The normalized spacial score (nSPS) is 51.3. The first-order chi connectivity index (χ1) is 38.7. The number of rotatable bonds is 17. The van der Waals surface area contributed by atoms with Gasteiger partial charge in [-0.15, -0.1) is 0 Å². The third-order valence-electron chi connectivity index (χ3n) is 19.9. The molecule has 5 heterocycles. The summed E-state index contributed by atoms with van der Waals surface area (Å²) in [5, 5.41) is 134. The van der Waals surface area contributed by atoms with E-state index in [1.165, 1.54) is 20.8 Å². The molecular weight excluding hydrogens is 1120 g/mol. The molecule has 0 amide bonds. The number of aliphatic hydroxyl groups is 12. The average molecular weight is 1220 g/mol. The summed E-state index contributed by atoms with van der Waals surface area (Å²) in [7, 11) is -4.87. The SMILES string of the molecule is CC(C)CC(=O)C[C@](C)(O)[C@H]1CCC2C3C[C@H](O[C@@H]4O[C@H](C)[C@@H](O)[C@H](O[C@@H]5OC[C@@H](O[C@@H]6OC[C@H](O)[C@H](O)[C@H]6O[C@@H]6O[C@H](C)[C@H](O)[C@H](O)[C@H]6O)[C@H](O)[C@H]5O[C@@H]5O[C@H](C)[C@@H](O)[C@H](O)[C@H]5O)[C@H]4O)C4C[C@@H](OS(=O)(=O)O)CC[C@]4(C)C3=CC[C@@]21C. The molecule has 0 aromatic carbocycles. The predicted octanol–water partition coefficient (Wildman–Crippen LogP) is -2.04. The third-order valence-corrected chi connectivity index (χ3v) is 20.4. The summed E-state index contributed by atoms with van der Waals surface area (Å²) in [6.45, 7) is 13.1. The van der Waals surface area contributed by atoms with Crippen molar-refractivity contribution >= 4 is 16.2 Å². The molecule has 0 spiro atoms. The number of aliphatic hydroxyl groups excluding tert-OH is 11. The van der Waals surface area contributed by atoms with Crippen molar-refractivity contribution in [2.75, 3.05) is 13.2 Å². The Balaban J connectivity index is 0.972. The van der Waals surface area contributed by atoms with Crippen LogP contribution in [0.25, 0.3) is 0 Å². The van der Waals surface area contributed by atoms with Crippen molar-refractivity contribution in [1.82, 2.24) is 0 Å². The monoisotopic (exact) mass is 1210 g/mol. The van der Waals surface area contributed by atoms with E-state index in [1.807, 2.05) is 13.8 Å². The molecule has 5 aliphatic heterocycles. The third kappa shape index (κ3) is 13.2. The second kappa shape index (κ2) is 25.4. The van der Waals surface area contributed by atoms with Crippen LogP contribution in [0, 0.1) is 40.4 Å². The molecule has 0 radical (unpaired) electrons. The lowest BCUT2D eigenvalue weighted by molar-refractivity contribution is -0.394. The van der Waals surface area contributed by atoms with Crippen molar-refractivity contribution in [2.45, 2.75) is 272 Å². The molecule has 28 heteroatoms. The van der Waals surface area contributed by atoms with Crippen LogP contribution in [-0.2, 0) is 66.7 Å². The van der Waals surface area contributed by atoms with Gasteiger partial charge in [0.1, 0.15) is 97.3 Å². The summed E-state index contributed by atoms with van der Waals surface area (Å²) < 4.78 is 100. The summed E-state index contributed by atoms with van der Waals surface area (Å²) in [6.07, 6.45) is -33.9. The Labute approximate surface area is 482 Å². The molecule has 0 aromatic rings. The van der Waals surface area contributed by atoms with E-state index < -0.39 is 199 Å². The Hall–Kier alpha value is -1.60. The highest BCUT2D eigenvalue weighted by molar-refractivity contribution is 7.80. The van der Waals surface area contributed by atoms with Crippen LogP contribution in [0.15, 0.2) is 11.6 Å². The van der Waals surface area contributed by atoms with Gasteiger partial charge in [-0.25, -0.2) is 4.18 Å². The summed E-state index contributed by atoms with van der Waals surface area (Å²) in [6, 6.07) is 0. The molecular formula is C55H90O27S. The average Bonchev–Trinajstić information content (AvgIpc) is 1.90. The Morgan fingerprint density at radius 1 is 0.639 bits per heavy atom. The van der Waals surface area contributed by atoms with Gasteiger partial charge in [-0.05, 0) is 113 Å². The maximum Gasteiger partial charge on any atom is 0.397 e. The molecule has 9 aliphatic rings. The summed E-state index contributed by atoms with van der Waals surface area (Å²) in [5.74, 6) is -0.731. The highest BCUT2D eigenvalue weighted by Gasteiger charge is 2.64. The van der Waals surface area contributed by atoms with Crippen molar-refractivity contribution in [2.24, 2.45) is 40.4 Å². The van der Waals surface area contributed by atoms with E-state index in [0.717, 1.165) is 12.0 Å². The number of Topliss-reactive ketones (excluding diaryl/α,β-unsaturated/α-hetero) is 1. The zero-order chi connectivity index (χ0) is 60.7. The first-order valence-electron chi connectivity index (χ1n) is 29.3. The smallest absolute Gasteiger partial charge is 0.389 e. The fraction of sp³-hybridized carbons (Fsp3) is 0.945. The first-order valence-corrected chi connectivity index (χ1v) is 30.7. The summed E-state index contributed by atoms with van der Waals surface area (Å²) in [5.41, 5.74) is -1.21. The van der Waals surface area contributed by atoms with Gasteiger partial charge in [-0.3, -0.25) is 9.35 Å². The fourth-order valence-corrected chi connectivity index (χ4v) is 16.0. The molecule has 478 valence electrons. The molecule has 32 atom stereocenters. The van der Waals surface area contributed by atoms with Crippen LogP contribution in [0.1, 0.15) is 113 Å². The van der Waals surface area contributed by atoms with E-state index in [2.05, 4.69) is 19.9 Å². The van der Waals surface area contributed by atoms with Crippen molar-refractivity contribution in [3.05, 3.63) is 11.6 Å². The maximum absolute atomic E-state index is 13.2. The van der Waals surface area contributed by atoms with Gasteiger partial charge in [-0.2, -0.15) is 8.42 Å². The number of allylic oxidation sites excluding steroid dienone is 2. The largest absolute Gasteiger partial charge is 0.397 e. The first kappa shape index (κ1) is 65.8. The van der Waals surface area contributed by atoms with E-state index in [1.54, 1.807) is 6.92 Å². The van der Waals surface area contributed by atoms with Crippen LogP contribution in [0.3, 0.4) is 0 Å². The topological polar surface area (TPSA) is 416 Å². The number of ketones is 1. The standard InChI is InChI=1S/C55H90O27S/c1-21(2)15-25(56)18-55(8,68)34-10-9-28-27-17-32(30-16-26(82-83(69,70)71)11-13-53(30,6)29(27)12-14-54(28,34)7)77-50-44(67)45(37(60)24(5)76-50)79-52-47(81-49-43(66)41(64)36(59)23(4)75-49)39(62)33(20-73-52)78-51-46(38(61)31(57)19-72-51)80-48-42(65)40(63)35(58)22(3)74-48/h12,21-24,26-28,30-52,57-68H,9-11,13-20H2,1-8H3,(H,69,70,71)/t22-,23-,24-,26+,27?,28?,30?,31+,32+,33-,34+,35+,36-,37-,38+,39+,40+,41+,42-,43-,44-,45+,46-,47-,48+,49+,50+,51+,52+,53-,54+,55+/m1/s1. The molecule has 5 saturated heterocycles. The molecule has 0 bridgehead atoms. The minimum Gasteiger partial charge on any atom is -0.389 e. The van der Waals surface area contributed by atoms with Crippen LogP contribution in [0.4, 0.5) is 0 Å². The predicted molar refractivity (Wildman–Crippen MR) is 280 cm³/mol. The molecule has 4 aliphatic carbocycles. The van der Waals surface area contributed by atoms with Crippen molar-refractivity contribution < 1.29 is 131 Å². The van der Waals surface area contributed by atoms with Gasteiger partial charge in [0.05, 0.1) is 49.3 Å². The van der Waals surface area contributed by atoms with Crippen molar-refractivity contribution in [1.29, 1.82) is 0 Å². The van der Waals surface area contributed by atoms with E-state index in [9.17, 15) is 79.0 Å². The number of carbonyl (C=O) groups excluding carboxylic acids is 1. The molecule has 8 fully saturated rings. The Morgan fingerprint density at radius 2 is 1.17 bits per heavy atom. The molecule has 3 unspecified atom stereocenters. The van der Waals surface area contributed by atoms with Crippen LogP contribution >= 0.6 is 0 Å². The second-order valence-corrected chi connectivity index (χ2v) is 27.3. The van der Waals surface area contributed by atoms with Crippen LogP contribution in [0.5, 0.6) is 0 Å². The van der Waals surface area contributed by atoms with E-state index in [0.29, 0.717) is 32.1 Å². The molecule has 9 rings (SSSR count). The highest BCUT2D eigenvalue weighted by Crippen LogP contribution is 2.67. The molecule has 0 aromatic heterocycles. The number of hydrogen-bond acceptors (Lipinski definition) is 26. The molecule has 13 N–H and O–H groups in total. The van der Waals surface area contributed by atoms with Crippen molar-refractivity contribution in [3.8, 4) is 0 Å². The number of fused-ring (bicyclic) bond motifs is 5. The van der Waals surface area contributed by atoms with Gasteiger partial charge in [-0.1, -0.05) is 39.3 Å². The summed E-state index contributed by atoms with van der Waals surface area (Å²) >= 11 is 0. The van der Waals surface area contributed by atoms with Gasteiger partial charge in [0.15, 0.2) is 31.5 Å². The second-order valence-electron chi connectivity index (χ2n) is 26.2. The minimum absolute atomic E-state index is 0.00824. The lowest BCUT2D eigenvalue weighted by Crippen LogP contribution is -2.66. The zero-order valence-electron chi connectivity index (χ0n) is 48.1.